The lowest BCUT2D eigenvalue weighted by Crippen LogP contribution is -2.65. The molecule has 0 bridgehead atoms. The van der Waals surface area contributed by atoms with Crippen LogP contribution in [0.3, 0.4) is 0 Å². The van der Waals surface area contributed by atoms with Gasteiger partial charge in [-0.05, 0) is 37.8 Å². The SMILES string of the molecule is Cc1ccc(SCC(=O)N2CC(O)(C3CC3)C2)cc1. The molecule has 0 unspecified atom stereocenters. The summed E-state index contributed by atoms with van der Waals surface area (Å²) in [4.78, 5) is 14.9. The molecule has 4 heteroatoms. The summed E-state index contributed by atoms with van der Waals surface area (Å²) in [5.41, 5.74) is 0.664. The van der Waals surface area contributed by atoms with E-state index in [9.17, 15) is 9.90 Å². The van der Waals surface area contributed by atoms with E-state index in [4.69, 9.17) is 0 Å². The van der Waals surface area contributed by atoms with Gasteiger partial charge in [0.2, 0.25) is 5.91 Å². The molecule has 0 atom stereocenters. The molecule has 3 nitrogen and oxygen atoms in total. The first-order valence-corrected chi connectivity index (χ1v) is 7.75. The number of β-amino-alcohol motifs (C(OH)–C–C–N with tert-alkyl or cyclic N) is 1. The van der Waals surface area contributed by atoms with E-state index in [2.05, 4.69) is 19.1 Å². The van der Waals surface area contributed by atoms with E-state index in [1.807, 2.05) is 12.1 Å². The third-order valence-corrected chi connectivity index (χ3v) is 5.00. The molecule has 1 heterocycles. The zero-order chi connectivity index (χ0) is 13.5. The Morgan fingerprint density at radius 2 is 2.00 bits per heavy atom. The second kappa shape index (κ2) is 4.84. The summed E-state index contributed by atoms with van der Waals surface area (Å²) in [7, 11) is 0. The third kappa shape index (κ3) is 2.79. The van der Waals surface area contributed by atoms with Gasteiger partial charge in [0.15, 0.2) is 0 Å². The molecule has 1 aromatic rings. The van der Waals surface area contributed by atoms with Gasteiger partial charge in [0.1, 0.15) is 5.60 Å². The van der Waals surface area contributed by atoms with Crippen LogP contribution in [0.15, 0.2) is 29.2 Å². The molecule has 1 aliphatic heterocycles. The molecule has 19 heavy (non-hydrogen) atoms. The summed E-state index contributed by atoms with van der Waals surface area (Å²) in [6.45, 7) is 3.12. The molecule has 0 aromatic heterocycles. The highest BCUT2D eigenvalue weighted by atomic mass is 32.2. The van der Waals surface area contributed by atoms with Crippen LogP contribution in [-0.4, -0.2) is 40.4 Å². The average Bonchev–Trinajstić information content (AvgIpc) is 3.18. The van der Waals surface area contributed by atoms with Gasteiger partial charge in [0.25, 0.3) is 0 Å². The Bertz CT molecular complexity index is 475. The Labute approximate surface area is 118 Å². The molecule has 3 rings (SSSR count). The van der Waals surface area contributed by atoms with Gasteiger partial charge < -0.3 is 10.0 Å². The molecule has 2 fully saturated rings. The second-order valence-electron chi connectivity index (χ2n) is 5.73. The Balaban J connectivity index is 1.46. The number of nitrogens with zero attached hydrogens (tertiary/aromatic N) is 1. The fourth-order valence-electron chi connectivity index (χ4n) is 2.54. The maximum absolute atomic E-state index is 12.0. The predicted molar refractivity (Wildman–Crippen MR) is 76.2 cm³/mol. The van der Waals surface area contributed by atoms with Crippen LogP contribution in [0.25, 0.3) is 0 Å². The maximum Gasteiger partial charge on any atom is 0.233 e. The number of aliphatic hydroxyl groups is 1. The van der Waals surface area contributed by atoms with Gasteiger partial charge in [-0.15, -0.1) is 11.8 Å². The van der Waals surface area contributed by atoms with Crippen molar-refractivity contribution >= 4 is 17.7 Å². The van der Waals surface area contributed by atoms with Crippen molar-refractivity contribution in [3.8, 4) is 0 Å². The number of thioether (sulfide) groups is 1. The molecule has 0 spiro atoms. The summed E-state index contributed by atoms with van der Waals surface area (Å²) in [5.74, 6) is 1.04. The lowest BCUT2D eigenvalue weighted by Gasteiger charge is -2.47. The number of rotatable bonds is 4. The van der Waals surface area contributed by atoms with Gasteiger partial charge in [0, 0.05) is 4.90 Å². The largest absolute Gasteiger partial charge is 0.386 e. The van der Waals surface area contributed by atoms with E-state index < -0.39 is 5.60 Å². The number of benzene rings is 1. The van der Waals surface area contributed by atoms with Crippen molar-refractivity contribution in [1.82, 2.24) is 4.90 Å². The van der Waals surface area contributed by atoms with Crippen LogP contribution in [-0.2, 0) is 4.79 Å². The lowest BCUT2D eigenvalue weighted by molar-refractivity contribution is -0.156. The molecule has 1 saturated heterocycles. The summed E-state index contributed by atoms with van der Waals surface area (Å²) >= 11 is 1.57. The highest BCUT2D eigenvalue weighted by Crippen LogP contribution is 2.44. The van der Waals surface area contributed by atoms with Crippen molar-refractivity contribution in [2.24, 2.45) is 5.92 Å². The topological polar surface area (TPSA) is 40.5 Å². The number of hydrogen-bond donors (Lipinski definition) is 1. The monoisotopic (exact) mass is 277 g/mol. The number of amides is 1. The van der Waals surface area contributed by atoms with E-state index in [1.165, 1.54) is 5.56 Å². The zero-order valence-corrected chi connectivity index (χ0v) is 11.9. The molecule has 2 aliphatic rings. The van der Waals surface area contributed by atoms with Crippen LogP contribution in [0.1, 0.15) is 18.4 Å². The van der Waals surface area contributed by atoms with Gasteiger partial charge in [-0.1, -0.05) is 17.7 Å². The van der Waals surface area contributed by atoms with Crippen molar-refractivity contribution in [2.45, 2.75) is 30.3 Å². The molecule has 0 radical (unpaired) electrons. The summed E-state index contributed by atoms with van der Waals surface area (Å²) < 4.78 is 0. The molecule has 1 aliphatic carbocycles. The predicted octanol–water partition coefficient (Wildman–Crippen LogP) is 2.07. The number of hydrogen-bond acceptors (Lipinski definition) is 3. The Morgan fingerprint density at radius 1 is 1.37 bits per heavy atom. The van der Waals surface area contributed by atoms with E-state index in [0.29, 0.717) is 24.8 Å². The summed E-state index contributed by atoms with van der Waals surface area (Å²) in [6, 6.07) is 8.21. The van der Waals surface area contributed by atoms with Crippen molar-refractivity contribution in [3.05, 3.63) is 29.8 Å². The quantitative estimate of drug-likeness (QED) is 0.857. The van der Waals surface area contributed by atoms with Crippen molar-refractivity contribution in [1.29, 1.82) is 0 Å². The van der Waals surface area contributed by atoms with Crippen molar-refractivity contribution in [2.75, 3.05) is 18.8 Å². The second-order valence-corrected chi connectivity index (χ2v) is 6.78. The first-order valence-electron chi connectivity index (χ1n) is 6.76. The Kier molecular flexibility index (Phi) is 3.31. The van der Waals surface area contributed by atoms with Gasteiger partial charge in [-0.3, -0.25) is 4.79 Å². The highest BCUT2D eigenvalue weighted by Gasteiger charge is 2.53. The minimum Gasteiger partial charge on any atom is -0.386 e. The van der Waals surface area contributed by atoms with E-state index >= 15 is 0 Å². The van der Waals surface area contributed by atoms with Crippen LogP contribution in [0.5, 0.6) is 0 Å². The molecule has 102 valence electrons. The Hall–Kier alpha value is -1.00. The average molecular weight is 277 g/mol. The molecule has 1 aromatic carbocycles. The molecule has 1 amide bonds. The zero-order valence-electron chi connectivity index (χ0n) is 11.1. The first-order chi connectivity index (χ1) is 9.07. The highest BCUT2D eigenvalue weighted by molar-refractivity contribution is 8.00. The first kappa shape index (κ1) is 13.0. The third-order valence-electron chi connectivity index (χ3n) is 4.00. The van der Waals surface area contributed by atoms with E-state index in [-0.39, 0.29) is 5.91 Å². The fraction of sp³-hybridized carbons (Fsp3) is 0.533. The van der Waals surface area contributed by atoms with Gasteiger partial charge in [-0.25, -0.2) is 0 Å². The number of aryl methyl sites for hydroxylation is 1. The van der Waals surface area contributed by atoms with Crippen molar-refractivity contribution in [3.63, 3.8) is 0 Å². The van der Waals surface area contributed by atoms with Crippen LogP contribution in [0.2, 0.25) is 0 Å². The van der Waals surface area contributed by atoms with Crippen LogP contribution < -0.4 is 0 Å². The van der Waals surface area contributed by atoms with Crippen LogP contribution in [0.4, 0.5) is 0 Å². The van der Waals surface area contributed by atoms with Gasteiger partial charge in [0.05, 0.1) is 18.8 Å². The van der Waals surface area contributed by atoms with Crippen molar-refractivity contribution < 1.29 is 9.90 Å². The Morgan fingerprint density at radius 3 is 2.58 bits per heavy atom. The number of carbonyl (C=O) groups is 1. The summed E-state index contributed by atoms with van der Waals surface area (Å²) in [5, 5.41) is 10.2. The smallest absolute Gasteiger partial charge is 0.233 e. The number of likely N-dealkylation sites (tertiary alicyclic amines) is 1. The maximum atomic E-state index is 12.0. The van der Waals surface area contributed by atoms with Crippen LogP contribution >= 0.6 is 11.8 Å². The van der Waals surface area contributed by atoms with E-state index in [1.54, 1.807) is 16.7 Å². The normalized spacial score (nSPS) is 21.1. The van der Waals surface area contributed by atoms with Gasteiger partial charge in [-0.2, -0.15) is 0 Å². The minimum absolute atomic E-state index is 0.135. The molecule has 1 saturated carbocycles. The lowest BCUT2D eigenvalue weighted by atomic mass is 9.89. The minimum atomic E-state index is -0.565. The molecular weight excluding hydrogens is 258 g/mol. The molecule has 1 N–H and O–H groups in total. The number of carbonyl (C=O) groups excluding carboxylic acids is 1. The standard InChI is InChI=1S/C15H19NO2S/c1-11-2-6-13(7-3-11)19-8-14(17)16-9-15(18,10-16)12-4-5-12/h2-3,6-7,12,18H,4-5,8-10H2,1H3. The van der Waals surface area contributed by atoms with E-state index in [0.717, 1.165) is 17.7 Å². The van der Waals surface area contributed by atoms with Crippen LogP contribution in [0, 0.1) is 12.8 Å². The summed E-state index contributed by atoms with van der Waals surface area (Å²) in [6.07, 6.45) is 2.24. The fourth-order valence-corrected chi connectivity index (χ4v) is 3.34. The molecular formula is C15H19NO2S. The van der Waals surface area contributed by atoms with Gasteiger partial charge >= 0.3 is 0 Å².